The number of hydrogen-bond donors (Lipinski definition) is 1. The normalized spacial score (nSPS) is 18.7. The van der Waals surface area contributed by atoms with Gasteiger partial charge in [0, 0.05) is 11.0 Å². The third-order valence-electron chi connectivity index (χ3n) is 3.47. The molecule has 1 saturated heterocycles. The van der Waals surface area contributed by atoms with Crippen LogP contribution in [0.2, 0.25) is 0 Å². The highest BCUT2D eigenvalue weighted by molar-refractivity contribution is 9.10. The average molecular weight is 338 g/mol. The van der Waals surface area contributed by atoms with Crippen LogP contribution in [0.1, 0.15) is 18.4 Å². The number of piperidine rings is 1. The number of phenols is 1. The van der Waals surface area contributed by atoms with E-state index in [0.717, 1.165) is 10.0 Å². The SMILES string of the molecule is Oc1ccc(Br)c(CN2CCC(C(F)(F)F)CC2)c1. The molecule has 0 atom stereocenters. The Kier molecular flexibility index (Phi) is 4.40. The summed E-state index contributed by atoms with van der Waals surface area (Å²) in [5, 5.41) is 9.43. The molecule has 2 rings (SSSR count). The van der Waals surface area contributed by atoms with Crippen LogP contribution in [-0.4, -0.2) is 29.3 Å². The Morgan fingerprint density at radius 3 is 2.47 bits per heavy atom. The fourth-order valence-electron chi connectivity index (χ4n) is 2.34. The van der Waals surface area contributed by atoms with Crippen LogP contribution >= 0.6 is 15.9 Å². The Balaban J connectivity index is 1.94. The van der Waals surface area contributed by atoms with Crippen LogP contribution in [-0.2, 0) is 6.54 Å². The van der Waals surface area contributed by atoms with Gasteiger partial charge < -0.3 is 5.11 Å². The Morgan fingerprint density at radius 1 is 1.26 bits per heavy atom. The molecule has 0 bridgehead atoms. The molecule has 0 unspecified atom stereocenters. The van der Waals surface area contributed by atoms with Crippen molar-refractivity contribution in [1.82, 2.24) is 4.90 Å². The lowest BCUT2D eigenvalue weighted by atomic mass is 9.96. The molecule has 0 saturated carbocycles. The first-order chi connectivity index (χ1) is 8.86. The van der Waals surface area contributed by atoms with Crippen molar-refractivity contribution in [2.24, 2.45) is 5.92 Å². The van der Waals surface area contributed by atoms with E-state index < -0.39 is 12.1 Å². The molecule has 106 valence electrons. The summed E-state index contributed by atoms with van der Waals surface area (Å²) < 4.78 is 38.5. The average Bonchev–Trinajstić information content (AvgIpc) is 2.33. The summed E-state index contributed by atoms with van der Waals surface area (Å²) in [6, 6.07) is 4.95. The van der Waals surface area contributed by atoms with Crippen molar-refractivity contribution in [1.29, 1.82) is 0 Å². The number of halogens is 4. The van der Waals surface area contributed by atoms with Gasteiger partial charge in [-0.25, -0.2) is 0 Å². The smallest absolute Gasteiger partial charge is 0.391 e. The van der Waals surface area contributed by atoms with Gasteiger partial charge in [-0.05, 0) is 49.7 Å². The topological polar surface area (TPSA) is 23.5 Å². The van der Waals surface area contributed by atoms with Crippen molar-refractivity contribution >= 4 is 15.9 Å². The van der Waals surface area contributed by atoms with Crippen molar-refractivity contribution in [3.05, 3.63) is 28.2 Å². The molecule has 0 radical (unpaired) electrons. The Labute approximate surface area is 118 Å². The molecule has 1 fully saturated rings. The first-order valence-electron chi connectivity index (χ1n) is 6.12. The number of rotatable bonds is 2. The molecule has 0 aromatic heterocycles. The summed E-state index contributed by atoms with van der Waals surface area (Å²) >= 11 is 3.38. The van der Waals surface area contributed by atoms with Crippen molar-refractivity contribution < 1.29 is 18.3 Å². The molecule has 6 heteroatoms. The summed E-state index contributed by atoms with van der Waals surface area (Å²) in [6.45, 7) is 1.43. The fourth-order valence-corrected chi connectivity index (χ4v) is 2.71. The summed E-state index contributed by atoms with van der Waals surface area (Å²) in [5.41, 5.74) is 0.894. The van der Waals surface area contributed by atoms with Gasteiger partial charge in [-0.3, -0.25) is 4.90 Å². The summed E-state index contributed by atoms with van der Waals surface area (Å²) in [4.78, 5) is 1.99. The first kappa shape index (κ1) is 14.7. The molecule has 0 spiro atoms. The van der Waals surface area contributed by atoms with Gasteiger partial charge in [0.1, 0.15) is 5.75 Å². The van der Waals surface area contributed by atoms with Crippen LogP contribution in [0, 0.1) is 5.92 Å². The first-order valence-corrected chi connectivity index (χ1v) is 6.92. The summed E-state index contributed by atoms with van der Waals surface area (Å²) in [5.74, 6) is -1.00. The van der Waals surface area contributed by atoms with Crippen molar-refractivity contribution in [3.63, 3.8) is 0 Å². The number of phenolic OH excluding ortho intramolecular Hbond substituents is 1. The minimum atomic E-state index is -4.07. The molecule has 1 heterocycles. The second kappa shape index (κ2) is 5.71. The van der Waals surface area contributed by atoms with Gasteiger partial charge in [-0.15, -0.1) is 0 Å². The number of hydrogen-bond acceptors (Lipinski definition) is 2. The molecule has 19 heavy (non-hydrogen) atoms. The molecule has 1 aliphatic rings. The highest BCUT2D eigenvalue weighted by Crippen LogP contribution is 2.34. The minimum absolute atomic E-state index is 0.153. The van der Waals surface area contributed by atoms with Crippen molar-refractivity contribution in [2.75, 3.05) is 13.1 Å². The predicted molar refractivity (Wildman–Crippen MR) is 69.9 cm³/mol. The van der Waals surface area contributed by atoms with E-state index >= 15 is 0 Å². The lowest BCUT2D eigenvalue weighted by molar-refractivity contribution is -0.185. The zero-order chi connectivity index (χ0) is 14.0. The van der Waals surface area contributed by atoms with E-state index in [2.05, 4.69) is 15.9 Å². The van der Waals surface area contributed by atoms with Crippen LogP contribution in [0.25, 0.3) is 0 Å². The van der Waals surface area contributed by atoms with Crippen LogP contribution in [0.4, 0.5) is 13.2 Å². The summed E-state index contributed by atoms with van der Waals surface area (Å²) in [7, 11) is 0. The Bertz CT molecular complexity index is 442. The molecule has 1 aromatic rings. The number of nitrogens with zero attached hydrogens (tertiary/aromatic N) is 1. The van der Waals surface area contributed by atoms with Gasteiger partial charge >= 0.3 is 6.18 Å². The highest BCUT2D eigenvalue weighted by Gasteiger charge is 2.40. The molecule has 1 aromatic carbocycles. The Morgan fingerprint density at radius 2 is 1.89 bits per heavy atom. The quantitative estimate of drug-likeness (QED) is 0.883. The zero-order valence-electron chi connectivity index (χ0n) is 10.3. The highest BCUT2D eigenvalue weighted by atomic mass is 79.9. The van der Waals surface area contributed by atoms with E-state index in [1.165, 1.54) is 0 Å². The Hall–Kier alpha value is -0.750. The number of benzene rings is 1. The minimum Gasteiger partial charge on any atom is -0.508 e. The number of likely N-dealkylation sites (tertiary alicyclic amines) is 1. The predicted octanol–water partition coefficient (Wildman–Crippen LogP) is 3.93. The van der Waals surface area contributed by atoms with E-state index in [-0.39, 0.29) is 18.6 Å². The fraction of sp³-hybridized carbons (Fsp3) is 0.538. The van der Waals surface area contributed by atoms with Crippen LogP contribution in [0.3, 0.4) is 0 Å². The monoisotopic (exact) mass is 337 g/mol. The molecular weight excluding hydrogens is 323 g/mol. The van der Waals surface area contributed by atoms with Crippen LogP contribution in [0.5, 0.6) is 5.75 Å². The van der Waals surface area contributed by atoms with Crippen LogP contribution < -0.4 is 0 Å². The van der Waals surface area contributed by atoms with Crippen LogP contribution in [0.15, 0.2) is 22.7 Å². The van der Waals surface area contributed by atoms with E-state index in [1.54, 1.807) is 18.2 Å². The molecule has 0 amide bonds. The van der Waals surface area contributed by atoms with E-state index in [1.807, 2.05) is 4.90 Å². The lowest BCUT2D eigenvalue weighted by Crippen LogP contribution is -2.38. The van der Waals surface area contributed by atoms with Gasteiger partial charge in [0.15, 0.2) is 0 Å². The maximum Gasteiger partial charge on any atom is 0.391 e. The van der Waals surface area contributed by atoms with Crippen molar-refractivity contribution in [2.45, 2.75) is 25.6 Å². The molecule has 1 aliphatic heterocycles. The van der Waals surface area contributed by atoms with Gasteiger partial charge in [-0.1, -0.05) is 15.9 Å². The largest absolute Gasteiger partial charge is 0.508 e. The molecular formula is C13H15BrF3NO. The number of aromatic hydroxyl groups is 1. The summed E-state index contributed by atoms with van der Waals surface area (Å²) in [6.07, 6.45) is -3.77. The van der Waals surface area contributed by atoms with Gasteiger partial charge in [0.2, 0.25) is 0 Å². The van der Waals surface area contributed by atoms with E-state index in [4.69, 9.17) is 0 Å². The van der Waals surface area contributed by atoms with E-state index in [0.29, 0.717) is 19.6 Å². The van der Waals surface area contributed by atoms with Gasteiger partial charge in [0.05, 0.1) is 5.92 Å². The van der Waals surface area contributed by atoms with Crippen molar-refractivity contribution in [3.8, 4) is 5.75 Å². The zero-order valence-corrected chi connectivity index (χ0v) is 11.8. The molecule has 1 N–H and O–H groups in total. The standard InChI is InChI=1S/C13H15BrF3NO/c14-12-2-1-11(19)7-9(12)8-18-5-3-10(4-6-18)13(15,16)17/h1-2,7,10,19H,3-6,8H2. The van der Waals surface area contributed by atoms with Gasteiger partial charge in [-0.2, -0.15) is 13.2 Å². The second-order valence-electron chi connectivity index (χ2n) is 4.87. The maximum absolute atomic E-state index is 12.6. The second-order valence-corrected chi connectivity index (χ2v) is 5.72. The molecule has 0 aliphatic carbocycles. The van der Waals surface area contributed by atoms with E-state index in [9.17, 15) is 18.3 Å². The third kappa shape index (κ3) is 3.86. The lowest BCUT2D eigenvalue weighted by Gasteiger charge is -2.33. The maximum atomic E-state index is 12.6. The third-order valence-corrected chi connectivity index (χ3v) is 4.25. The molecule has 2 nitrogen and oxygen atoms in total. The number of alkyl halides is 3. The van der Waals surface area contributed by atoms with Gasteiger partial charge in [0.25, 0.3) is 0 Å².